The lowest BCUT2D eigenvalue weighted by atomic mass is 9.92. The van der Waals surface area contributed by atoms with Crippen LogP contribution in [0, 0.1) is 5.92 Å². The molecule has 0 saturated heterocycles. The third kappa shape index (κ3) is 3.71. The van der Waals surface area contributed by atoms with E-state index in [1.54, 1.807) is 13.8 Å². The van der Waals surface area contributed by atoms with Gasteiger partial charge >= 0.3 is 12.5 Å². The molecule has 0 unspecified atom stereocenters. The van der Waals surface area contributed by atoms with Crippen molar-refractivity contribution in [3.05, 3.63) is 29.8 Å². The maximum Gasteiger partial charge on any atom is 0.461 e. The summed E-state index contributed by atoms with van der Waals surface area (Å²) in [5.41, 5.74) is -0.0958. The number of para-hydroxylation sites is 1. The fourth-order valence-electron chi connectivity index (χ4n) is 1.83. The van der Waals surface area contributed by atoms with E-state index in [1.807, 2.05) is 0 Å². The molecule has 0 saturated carbocycles. The predicted molar refractivity (Wildman–Crippen MR) is 66.4 cm³/mol. The first-order chi connectivity index (χ1) is 9.33. The Kier molecular flexibility index (Phi) is 5.53. The second kappa shape index (κ2) is 6.72. The molecule has 0 N–H and O–H groups in total. The highest BCUT2D eigenvalue weighted by molar-refractivity contribution is 6.00. The quantitative estimate of drug-likeness (QED) is 0.544. The minimum Gasteiger partial charge on any atom is -0.428 e. The van der Waals surface area contributed by atoms with Crippen molar-refractivity contribution in [1.29, 1.82) is 0 Å². The highest BCUT2D eigenvalue weighted by atomic mass is 19.3. The summed E-state index contributed by atoms with van der Waals surface area (Å²) in [7, 11) is 0. The number of ketones is 1. The Hall–Kier alpha value is -1.59. The molecule has 1 aromatic carbocycles. The summed E-state index contributed by atoms with van der Waals surface area (Å²) in [5.74, 6) is -1.25. The molecule has 0 aliphatic rings. The van der Waals surface area contributed by atoms with Crippen molar-refractivity contribution < 1.29 is 27.1 Å². The number of Topliss-reactive ketones (excluding diaryl/α,β-unsaturated/α-hetero) is 1. The Labute approximate surface area is 114 Å². The molecule has 0 amide bonds. The molecule has 1 rings (SSSR count). The molecular formula is C14H16F4O2. The topological polar surface area (TPSA) is 26.3 Å². The standard InChI is InChI=1S/C14H16F4O2/c1-3-9(4-2)12(19)10-7-5-6-8-11(10)20-14(17,18)13(15)16/h5-9,13H,3-4H2,1-2H3. The summed E-state index contributed by atoms with van der Waals surface area (Å²) < 4.78 is 54.3. The zero-order valence-electron chi connectivity index (χ0n) is 11.2. The lowest BCUT2D eigenvalue weighted by Gasteiger charge is -2.20. The van der Waals surface area contributed by atoms with E-state index in [0.717, 1.165) is 6.07 Å². The number of ether oxygens (including phenoxy) is 1. The first kappa shape index (κ1) is 16.5. The van der Waals surface area contributed by atoms with Crippen LogP contribution < -0.4 is 4.74 Å². The summed E-state index contributed by atoms with van der Waals surface area (Å²) in [4.78, 5) is 12.2. The Morgan fingerprint density at radius 3 is 2.25 bits per heavy atom. The SMILES string of the molecule is CCC(CC)C(=O)c1ccccc1OC(F)(F)C(F)F. The first-order valence-electron chi connectivity index (χ1n) is 6.31. The zero-order chi connectivity index (χ0) is 15.3. The summed E-state index contributed by atoms with van der Waals surface area (Å²) in [6.07, 6.45) is -7.51. The number of carbonyl (C=O) groups is 1. The molecule has 0 fully saturated rings. The minimum absolute atomic E-state index is 0.0958. The van der Waals surface area contributed by atoms with Gasteiger partial charge in [0.25, 0.3) is 0 Å². The van der Waals surface area contributed by atoms with E-state index in [9.17, 15) is 22.4 Å². The number of halogens is 4. The lowest BCUT2D eigenvalue weighted by molar-refractivity contribution is -0.253. The number of hydrogen-bond acceptors (Lipinski definition) is 2. The largest absolute Gasteiger partial charge is 0.461 e. The van der Waals surface area contributed by atoms with Crippen LogP contribution in [0.15, 0.2) is 24.3 Å². The van der Waals surface area contributed by atoms with Crippen LogP contribution in [0.1, 0.15) is 37.0 Å². The van der Waals surface area contributed by atoms with Crippen LogP contribution in [-0.2, 0) is 0 Å². The Morgan fingerprint density at radius 1 is 1.20 bits per heavy atom. The van der Waals surface area contributed by atoms with Gasteiger partial charge in [0.15, 0.2) is 5.78 Å². The molecule has 0 atom stereocenters. The summed E-state index contributed by atoms with van der Waals surface area (Å²) in [5, 5.41) is 0. The molecule has 0 spiro atoms. The molecule has 1 aromatic rings. The monoisotopic (exact) mass is 292 g/mol. The molecule has 0 bridgehead atoms. The molecule has 112 valence electrons. The third-order valence-corrected chi connectivity index (χ3v) is 3.01. The van der Waals surface area contributed by atoms with E-state index in [1.165, 1.54) is 18.2 Å². The second-order valence-corrected chi connectivity index (χ2v) is 4.34. The smallest absolute Gasteiger partial charge is 0.428 e. The maximum absolute atomic E-state index is 13.0. The van der Waals surface area contributed by atoms with Gasteiger partial charge in [0, 0.05) is 5.92 Å². The van der Waals surface area contributed by atoms with Crippen molar-refractivity contribution in [3.8, 4) is 5.75 Å². The molecule has 6 heteroatoms. The number of carbonyl (C=O) groups excluding carboxylic acids is 1. The summed E-state index contributed by atoms with van der Waals surface area (Å²) in [6, 6.07) is 5.22. The van der Waals surface area contributed by atoms with E-state index >= 15 is 0 Å². The van der Waals surface area contributed by atoms with Gasteiger partial charge in [0.05, 0.1) is 5.56 Å². The van der Waals surface area contributed by atoms with Crippen molar-refractivity contribution >= 4 is 5.78 Å². The summed E-state index contributed by atoms with van der Waals surface area (Å²) >= 11 is 0. The van der Waals surface area contributed by atoms with Gasteiger partial charge in [-0.15, -0.1) is 0 Å². The van der Waals surface area contributed by atoms with E-state index in [0.29, 0.717) is 12.8 Å². The predicted octanol–water partition coefficient (Wildman–Crippen LogP) is 4.54. The van der Waals surface area contributed by atoms with E-state index in [4.69, 9.17) is 0 Å². The van der Waals surface area contributed by atoms with Gasteiger partial charge in [-0.2, -0.15) is 17.6 Å². The second-order valence-electron chi connectivity index (χ2n) is 4.34. The van der Waals surface area contributed by atoms with Gasteiger partial charge in [-0.3, -0.25) is 4.79 Å². The highest BCUT2D eigenvalue weighted by Crippen LogP contribution is 2.31. The number of alkyl halides is 4. The van der Waals surface area contributed by atoms with Crippen LogP contribution in [0.4, 0.5) is 17.6 Å². The molecule has 2 nitrogen and oxygen atoms in total. The van der Waals surface area contributed by atoms with E-state index in [-0.39, 0.29) is 17.3 Å². The van der Waals surface area contributed by atoms with Crippen molar-refractivity contribution in [3.63, 3.8) is 0 Å². The van der Waals surface area contributed by atoms with Crippen LogP contribution in [-0.4, -0.2) is 18.3 Å². The zero-order valence-corrected chi connectivity index (χ0v) is 11.2. The van der Waals surface area contributed by atoms with Crippen LogP contribution in [0.5, 0.6) is 5.75 Å². The summed E-state index contributed by atoms with van der Waals surface area (Å²) in [6.45, 7) is 3.59. The lowest BCUT2D eigenvalue weighted by Crippen LogP contribution is -2.34. The third-order valence-electron chi connectivity index (χ3n) is 3.01. The molecule has 0 heterocycles. The Balaban J connectivity index is 3.08. The van der Waals surface area contributed by atoms with Gasteiger partial charge in [-0.05, 0) is 25.0 Å². The van der Waals surface area contributed by atoms with E-state index in [2.05, 4.69) is 4.74 Å². The normalized spacial score (nSPS) is 12.0. The highest BCUT2D eigenvalue weighted by Gasteiger charge is 2.44. The average molecular weight is 292 g/mol. The molecule has 0 aromatic heterocycles. The number of rotatable bonds is 7. The van der Waals surface area contributed by atoms with Crippen molar-refractivity contribution in [2.45, 2.75) is 39.2 Å². The van der Waals surface area contributed by atoms with Crippen molar-refractivity contribution in [2.75, 3.05) is 0 Å². The van der Waals surface area contributed by atoms with Crippen LogP contribution in [0.3, 0.4) is 0 Å². The van der Waals surface area contributed by atoms with Crippen molar-refractivity contribution in [2.24, 2.45) is 5.92 Å². The average Bonchev–Trinajstić information content (AvgIpc) is 2.40. The Morgan fingerprint density at radius 2 is 1.75 bits per heavy atom. The fraction of sp³-hybridized carbons (Fsp3) is 0.500. The maximum atomic E-state index is 13.0. The number of benzene rings is 1. The van der Waals surface area contributed by atoms with Gasteiger partial charge in [0.1, 0.15) is 5.75 Å². The molecular weight excluding hydrogens is 276 g/mol. The minimum atomic E-state index is -4.62. The Bertz CT molecular complexity index is 456. The van der Waals surface area contributed by atoms with Crippen molar-refractivity contribution in [1.82, 2.24) is 0 Å². The van der Waals surface area contributed by atoms with Crippen LogP contribution in [0.2, 0.25) is 0 Å². The molecule has 0 aliphatic carbocycles. The fourth-order valence-corrected chi connectivity index (χ4v) is 1.83. The molecule has 0 aliphatic heterocycles. The van der Waals surface area contributed by atoms with Gasteiger partial charge in [0.2, 0.25) is 0 Å². The molecule has 20 heavy (non-hydrogen) atoms. The first-order valence-corrected chi connectivity index (χ1v) is 6.31. The van der Waals surface area contributed by atoms with Crippen LogP contribution in [0.25, 0.3) is 0 Å². The van der Waals surface area contributed by atoms with Gasteiger partial charge in [-0.25, -0.2) is 0 Å². The van der Waals surface area contributed by atoms with Crippen LogP contribution >= 0.6 is 0 Å². The molecule has 0 radical (unpaired) electrons. The van der Waals surface area contributed by atoms with Gasteiger partial charge in [-0.1, -0.05) is 26.0 Å². The van der Waals surface area contributed by atoms with Gasteiger partial charge < -0.3 is 4.74 Å². The van der Waals surface area contributed by atoms with E-state index < -0.39 is 18.3 Å². The number of hydrogen-bond donors (Lipinski definition) is 0.